The largest absolute Gasteiger partial charge is 0.480 e. The number of amides is 1. The molecule has 0 spiro atoms. The minimum atomic E-state index is -4.71. The van der Waals surface area contributed by atoms with Crippen molar-refractivity contribution in [2.45, 2.75) is 12.7 Å². The lowest BCUT2D eigenvalue weighted by molar-refractivity contribution is -0.136. The molecule has 1 aromatic carbocycles. The van der Waals surface area contributed by atoms with Crippen molar-refractivity contribution in [3.05, 3.63) is 83.9 Å². The van der Waals surface area contributed by atoms with Crippen molar-refractivity contribution >= 4 is 23.1 Å². The normalized spacial score (nSPS) is 11.6. The number of alkyl halides is 3. The zero-order valence-corrected chi connectivity index (χ0v) is 19.3. The molecule has 5 aromatic rings. The molecule has 0 atom stereocenters. The van der Waals surface area contributed by atoms with E-state index in [4.69, 9.17) is 10.5 Å². The molecule has 0 bridgehead atoms. The zero-order chi connectivity index (χ0) is 26.2. The lowest BCUT2D eigenvalue weighted by Crippen LogP contribution is -2.15. The maximum absolute atomic E-state index is 13.7. The van der Waals surface area contributed by atoms with Crippen LogP contribution in [0.15, 0.2) is 67.3 Å². The number of nitrogens with one attached hydrogen (secondary N) is 1. The Morgan fingerprint density at radius 2 is 1.92 bits per heavy atom. The van der Waals surface area contributed by atoms with Crippen molar-refractivity contribution in [3.63, 3.8) is 0 Å². The summed E-state index contributed by atoms with van der Waals surface area (Å²) in [6.45, 7) is 0.505. The first-order chi connectivity index (χ1) is 17.7. The van der Waals surface area contributed by atoms with Crippen LogP contribution in [0.4, 0.5) is 24.8 Å². The van der Waals surface area contributed by atoms with E-state index in [2.05, 4.69) is 25.5 Å². The first-order valence-corrected chi connectivity index (χ1v) is 10.9. The van der Waals surface area contributed by atoms with Crippen molar-refractivity contribution in [2.24, 2.45) is 0 Å². The van der Waals surface area contributed by atoms with Gasteiger partial charge in [-0.2, -0.15) is 23.4 Å². The zero-order valence-electron chi connectivity index (χ0n) is 19.3. The summed E-state index contributed by atoms with van der Waals surface area (Å²) in [5.41, 5.74) is 5.55. The number of nitrogens with two attached hydrogens (primary N) is 1. The van der Waals surface area contributed by atoms with E-state index in [0.717, 1.165) is 22.5 Å². The minimum Gasteiger partial charge on any atom is -0.480 e. The molecule has 188 valence electrons. The number of nitrogens with zero attached hydrogens (tertiary/aromatic N) is 6. The summed E-state index contributed by atoms with van der Waals surface area (Å²) in [6, 6.07) is 13.5. The van der Waals surface area contributed by atoms with Crippen molar-refractivity contribution in [2.75, 3.05) is 18.2 Å². The number of pyridine rings is 1. The van der Waals surface area contributed by atoms with Gasteiger partial charge in [0, 0.05) is 24.0 Å². The van der Waals surface area contributed by atoms with Gasteiger partial charge in [0.15, 0.2) is 11.6 Å². The summed E-state index contributed by atoms with van der Waals surface area (Å²) in [5.74, 6) is -0.682. The van der Waals surface area contributed by atoms with Crippen LogP contribution in [0.2, 0.25) is 0 Å². The van der Waals surface area contributed by atoms with Crippen LogP contribution in [0.1, 0.15) is 21.5 Å². The van der Waals surface area contributed by atoms with E-state index >= 15 is 0 Å². The number of halogens is 3. The molecule has 4 aromatic heterocycles. The predicted molar refractivity (Wildman–Crippen MR) is 128 cm³/mol. The van der Waals surface area contributed by atoms with E-state index in [1.807, 2.05) is 30.3 Å². The molecule has 37 heavy (non-hydrogen) atoms. The smallest absolute Gasteiger partial charge is 0.418 e. The van der Waals surface area contributed by atoms with E-state index in [0.29, 0.717) is 6.54 Å². The molecule has 0 aliphatic heterocycles. The van der Waals surface area contributed by atoms with Gasteiger partial charge in [0.2, 0.25) is 5.88 Å². The minimum absolute atomic E-state index is 0.0110. The first kappa shape index (κ1) is 23.8. The van der Waals surface area contributed by atoms with Crippen LogP contribution >= 0.6 is 0 Å². The van der Waals surface area contributed by atoms with E-state index in [-0.39, 0.29) is 34.3 Å². The number of methoxy groups -OCH3 is 1. The van der Waals surface area contributed by atoms with Gasteiger partial charge in [0.05, 0.1) is 24.9 Å². The summed E-state index contributed by atoms with van der Waals surface area (Å²) < 4.78 is 49.0. The average molecular weight is 508 g/mol. The average Bonchev–Trinajstić information content (AvgIpc) is 3.49. The van der Waals surface area contributed by atoms with Crippen molar-refractivity contribution in [1.82, 2.24) is 29.4 Å². The summed E-state index contributed by atoms with van der Waals surface area (Å²) in [6.07, 6.45) is -0.669. The highest BCUT2D eigenvalue weighted by Crippen LogP contribution is 2.39. The topological polar surface area (TPSA) is 125 Å². The maximum atomic E-state index is 13.7. The highest BCUT2D eigenvalue weighted by atomic mass is 19.4. The second-order valence-corrected chi connectivity index (χ2v) is 7.97. The van der Waals surface area contributed by atoms with Gasteiger partial charge >= 0.3 is 6.18 Å². The number of hydrogen-bond donors (Lipinski definition) is 2. The van der Waals surface area contributed by atoms with Crippen LogP contribution in [0.5, 0.6) is 5.88 Å². The molecule has 0 saturated heterocycles. The van der Waals surface area contributed by atoms with Crippen molar-refractivity contribution in [3.8, 4) is 17.1 Å². The lowest BCUT2D eigenvalue weighted by Gasteiger charge is -2.10. The molecule has 0 fully saturated rings. The Kier molecular flexibility index (Phi) is 5.95. The SMILES string of the molecule is COc1ncc(-c2cc(C(F)(F)F)c3c(N)ncnn23)cc1C(=O)Nc1ccn(Cc2ccccc2)n1. The Bertz CT molecular complexity index is 1600. The summed E-state index contributed by atoms with van der Waals surface area (Å²) in [4.78, 5) is 20.9. The molecule has 0 saturated carbocycles. The molecule has 0 radical (unpaired) electrons. The van der Waals surface area contributed by atoms with Gasteiger partial charge in [-0.05, 0) is 17.7 Å². The van der Waals surface area contributed by atoms with Crippen LogP contribution in [-0.4, -0.2) is 42.4 Å². The number of benzene rings is 1. The van der Waals surface area contributed by atoms with Gasteiger partial charge in [-0.15, -0.1) is 0 Å². The Hall–Kier alpha value is -4.94. The van der Waals surface area contributed by atoms with Crippen LogP contribution in [0, 0.1) is 0 Å². The van der Waals surface area contributed by atoms with E-state index in [1.54, 1.807) is 16.9 Å². The highest BCUT2D eigenvalue weighted by molar-refractivity contribution is 6.06. The Balaban J connectivity index is 1.48. The molecule has 13 heteroatoms. The first-order valence-electron chi connectivity index (χ1n) is 10.9. The Morgan fingerprint density at radius 1 is 1.14 bits per heavy atom. The number of anilines is 2. The number of aromatic nitrogens is 6. The van der Waals surface area contributed by atoms with E-state index < -0.39 is 23.2 Å². The Labute approximate surface area is 207 Å². The predicted octanol–water partition coefficient (Wildman–Crippen LogP) is 3.90. The molecule has 1 amide bonds. The molecule has 0 aliphatic carbocycles. The van der Waals surface area contributed by atoms with Gasteiger partial charge in [0.25, 0.3) is 5.91 Å². The molecular formula is C24H19F3N8O2. The van der Waals surface area contributed by atoms with Crippen LogP contribution in [-0.2, 0) is 12.7 Å². The molecule has 3 N–H and O–H groups in total. The number of rotatable bonds is 6. The number of hydrogen-bond acceptors (Lipinski definition) is 7. The van der Waals surface area contributed by atoms with Gasteiger partial charge < -0.3 is 15.8 Å². The molecular weight excluding hydrogens is 489 g/mol. The third-order valence-corrected chi connectivity index (χ3v) is 5.54. The number of ether oxygens (including phenoxy) is 1. The Morgan fingerprint density at radius 3 is 2.65 bits per heavy atom. The third-order valence-electron chi connectivity index (χ3n) is 5.54. The van der Waals surface area contributed by atoms with Gasteiger partial charge in [-0.1, -0.05) is 30.3 Å². The fourth-order valence-corrected chi connectivity index (χ4v) is 3.88. The molecule has 10 nitrogen and oxygen atoms in total. The van der Waals surface area contributed by atoms with E-state index in [1.165, 1.54) is 19.4 Å². The van der Waals surface area contributed by atoms with Gasteiger partial charge in [-0.3, -0.25) is 9.48 Å². The van der Waals surface area contributed by atoms with E-state index in [9.17, 15) is 18.0 Å². The fraction of sp³-hybridized carbons (Fsp3) is 0.125. The summed E-state index contributed by atoms with van der Waals surface area (Å²) >= 11 is 0. The van der Waals surface area contributed by atoms with Crippen LogP contribution in [0.25, 0.3) is 16.8 Å². The van der Waals surface area contributed by atoms with Gasteiger partial charge in [-0.25, -0.2) is 14.5 Å². The number of carbonyl (C=O) groups is 1. The third kappa shape index (κ3) is 4.66. The quantitative estimate of drug-likeness (QED) is 0.356. The maximum Gasteiger partial charge on any atom is 0.418 e. The van der Waals surface area contributed by atoms with Gasteiger partial charge in [0.1, 0.15) is 17.4 Å². The fourth-order valence-electron chi connectivity index (χ4n) is 3.88. The monoisotopic (exact) mass is 508 g/mol. The molecule has 0 aliphatic rings. The number of nitrogen functional groups attached to an aromatic ring is 1. The molecule has 0 unspecified atom stereocenters. The molecule has 4 heterocycles. The summed E-state index contributed by atoms with van der Waals surface area (Å²) in [5, 5.41) is 10.9. The summed E-state index contributed by atoms with van der Waals surface area (Å²) in [7, 11) is 1.33. The highest BCUT2D eigenvalue weighted by Gasteiger charge is 2.36. The van der Waals surface area contributed by atoms with Crippen LogP contribution < -0.4 is 15.8 Å². The van der Waals surface area contributed by atoms with Crippen LogP contribution in [0.3, 0.4) is 0 Å². The molecule has 5 rings (SSSR count). The number of fused-ring (bicyclic) bond motifs is 1. The lowest BCUT2D eigenvalue weighted by atomic mass is 10.1. The van der Waals surface area contributed by atoms with Crippen molar-refractivity contribution < 1.29 is 22.7 Å². The standard InChI is InChI=1S/C24H19F3N8O2/c1-37-23-16(22(36)32-19-7-8-34(33-19)12-14-5-3-2-4-6-14)9-15(11-29-23)18-10-17(24(25,26)27)20-21(28)30-13-31-35(18)20/h2-11,13H,12H2,1H3,(H2,28,30,31)(H,32,33,36). The van der Waals surface area contributed by atoms with Crippen molar-refractivity contribution in [1.29, 1.82) is 0 Å². The second kappa shape index (κ2) is 9.26. The second-order valence-electron chi connectivity index (χ2n) is 7.97. The number of carbonyl (C=O) groups excluding carboxylic acids is 1.